The number of furan rings is 1. The van der Waals surface area contributed by atoms with Gasteiger partial charge < -0.3 is 19.2 Å². The molecule has 1 saturated heterocycles. The Morgan fingerprint density at radius 2 is 1.93 bits per heavy atom. The Morgan fingerprint density at radius 1 is 1.20 bits per heavy atom. The molecule has 168 valence electrons. The summed E-state index contributed by atoms with van der Waals surface area (Å²) in [7, 11) is -3.86. The molecule has 1 aliphatic heterocycles. The van der Waals surface area contributed by atoms with E-state index >= 15 is 0 Å². The van der Waals surface area contributed by atoms with E-state index in [1.54, 1.807) is 6.92 Å². The fraction of sp³-hybridized carbons (Fsp3) is 0.700. The van der Waals surface area contributed by atoms with E-state index in [2.05, 4.69) is 5.32 Å². The largest absolute Gasteiger partial charge is 0.460 e. The van der Waals surface area contributed by atoms with Crippen LogP contribution in [0.1, 0.15) is 49.6 Å². The fourth-order valence-electron chi connectivity index (χ4n) is 3.32. The quantitative estimate of drug-likeness (QED) is 0.410. The second kappa shape index (κ2) is 10.4. The number of sulfonamides is 1. The van der Waals surface area contributed by atoms with Gasteiger partial charge in [-0.1, -0.05) is 0 Å². The van der Waals surface area contributed by atoms with E-state index in [9.17, 15) is 18.0 Å². The molecular weight excluding hydrogens is 412 g/mol. The average Bonchev–Trinajstić information content (AvgIpc) is 3.42. The van der Waals surface area contributed by atoms with E-state index in [0.717, 1.165) is 18.9 Å². The van der Waals surface area contributed by atoms with Crippen LogP contribution in [-0.4, -0.2) is 64.1 Å². The van der Waals surface area contributed by atoms with Gasteiger partial charge in [0.25, 0.3) is 10.0 Å². The summed E-state index contributed by atoms with van der Waals surface area (Å²) < 4.78 is 42.3. The first-order valence-electron chi connectivity index (χ1n) is 10.5. The van der Waals surface area contributed by atoms with Crippen molar-refractivity contribution >= 4 is 21.9 Å². The number of nitrogens with zero attached hydrogens (tertiary/aromatic N) is 1. The highest BCUT2D eigenvalue weighted by Crippen LogP contribution is 2.28. The lowest BCUT2D eigenvalue weighted by molar-refractivity contribution is -0.126. The van der Waals surface area contributed by atoms with Crippen molar-refractivity contribution in [2.45, 2.75) is 44.1 Å². The van der Waals surface area contributed by atoms with Crippen molar-refractivity contribution in [1.29, 1.82) is 0 Å². The molecule has 0 atom stereocenters. The lowest BCUT2D eigenvalue weighted by Gasteiger charge is -2.29. The third-order valence-corrected chi connectivity index (χ3v) is 7.06. The SMILES string of the molecule is CCOC(=O)c1ccc(S(=O)(=O)N2CCC(C(=O)NCCCOCC3CC3)CC2)o1. The summed E-state index contributed by atoms with van der Waals surface area (Å²) in [6.07, 6.45) is 4.17. The molecule has 0 unspecified atom stereocenters. The van der Waals surface area contributed by atoms with Crippen LogP contribution in [0.15, 0.2) is 21.6 Å². The van der Waals surface area contributed by atoms with Crippen LogP contribution in [0.5, 0.6) is 0 Å². The van der Waals surface area contributed by atoms with E-state index in [0.29, 0.717) is 26.0 Å². The Morgan fingerprint density at radius 3 is 2.60 bits per heavy atom. The predicted octanol–water partition coefficient (Wildman–Crippen LogP) is 1.79. The van der Waals surface area contributed by atoms with Crippen molar-refractivity contribution in [2.24, 2.45) is 11.8 Å². The number of ether oxygens (including phenoxy) is 2. The monoisotopic (exact) mass is 442 g/mol. The van der Waals surface area contributed by atoms with Crippen LogP contribution in [0.25, 0.3) is 0 Å². The third-order valence-electron chi connectivity index (χ3n) is 5.29. The second-order valence-corrected chi connectivity index (χ2v) is 9.55. The van der Waals surface area contributed by atoms with Gasteiger partial charge in [-0.05, 0) is 57.1 Å². The van der Waals surface area contributed by atoms with Gasteiger partial charge in [-0.15, -0.1) is 0 Å². The van der Waals surface area contributed by atoms with E-state index < -0.39 is 16.0 Å². The average molecular weight is 443 g/mol. The van der Waals surface area contributed by atoms with E-state index in [1.807, 2.05) is 0 Å². The van der Waals surface area contributed by atoms with Crippen LogP contribution in [-0.2, 0) is 24.3 Å². The summed E-state index contributed by atoms with van der Waals surface area (Å²) in [6, 6.07) is 2.55. The van der Waals surface area contributed by atoms with Gasteiger partial charge in [0, 0.05) is 38.8 Å². The Labute approximate surface area is 177 Å². The van der Waals surface area contributed by atoms with Crippen LogP contribution in [0.2, 0.25) is 0 Å². The van der Waals surface area contributed by atoms with Gasteiger partial charge in [0.15, 0.2) is 0 Å². The molecule has 1 aliphatic carbocycles. The number of amides is 1. The summed E-state index contributed by atoms with van der Waals surface area (Å²) in [5.74, 6) is -0.371. The molecule has 1 aromatic heterocycles. The summed E-state index contributed by atoms with van der Waals surface area (Å²) >= 11 is 0. The molecule has 1 aromatic rings. The maximum absolute atomic E-state index is 12.7. The molecule has 2 heterocycles. The Kier molecular flexibility index (Phi) is 7.90. The zero-order chi connectivity index (χ0) is 21.6. The first kappa shape index (κ1) is 22.8. The molecule has 2 aliphatic rings. The zero-order valence-corrected chi connectivity index (χ0v) is 18.1. The van der Waals surface area contributed by atoms with Crippen LogP contribution >= 0.6 is 0 Å². The summed E-state index contributed by atoms with van der Waals surface area (Å²) in [6.45, 7) is 4.29. The first-order valence-corrected chi connectivity index (χ1v) is 12.0. The zero-order valence-electron chi connectivity index (χ0n) is 17.3. The minimum Gasteiger partial charge on any atom is -0.460 e. The Hall–Kier alpha value is -1.91. The van der Waals surface area contributed by atoms with Crippen molar-refractivity contribution in [3.63, 3.8) is 0 Å². The molecule has 0 bridgehead atoms. The molecule has 9 nitrogen and oxygen atoms in total. The highest BCUT2D eigenvalue weighted by atomic mass is 32.2. The topological polar surface area (TPSA) is 115 Å². The molecule has 2 fully saturated rings. The smallest absolute Gasteiger partial charge is 0.374 e. The normalized spacial score (nSPS) is 18.3. The molecule has 10 heteroatoms. The van der Waals surface area contributed by atoms with Gasteiger partial charge in [0.05, 0.1) is 6.61 Å². The molecule has 30 heavy (non-hydrogen) atoms. The standard InChI is InChI=1S/C20H30N2O7S/c1-2-28-20(24)17-6-7-18(29-17)30(25,26)22-11-8-16(9-12-22)19(23)21-10-3-13-27-14-15-4-5-15/h6-7,15-16H,2-5,8-14H2,1H3,(H,21,23). The number of carbonyl (C=O) groups is 2. The highest BCUT2D eigenvalue weighted by molar-refractivity contribution is 7.89. The maximum atomic E-state index is 12.7. The summed E-state index contributed by atoms with van der Waals surface area (Å²) in [5.41, 5.74) is 0. The van der Waals surface area contributed by atoms with Gasteiger partial charge >= 0.3 is 5.97 Å². The molecule has 1 N–H and O–H groups in total. The third kappa shape index (κ3) is 6.05. The fourth-order valence-corrected chi connectivity index (χ4v) is 4.70. The molecule has 0 radical (unpaired) electrons. The Balaban J connectivity index is 1.41. The van der Waals surface area contributed by atoms with E-state index in [4.69, 9.17) is 13.9 Å². The highest BCUT2D eigenvalue weighted by Gasteiger charge is 2.34. The molecule has 0 aromatic carbocycles. The number of hydrogen-bond donors (Lipinski definition) is 1. The van der Waals surface area contributed by atoms with Gasteiger partial charge in [-0.2, -0.15) is 4.31 Å². The second-order valence-electron chi connectivity index (χ2n) is 7.68. The number of nitrogens with one attached hydrogen (secondary N) is 1. The van der Waals surface area contributed by atoms with Gasteiger partial charge in [0.2, 0.25) is 16.8 Å². The van der Waals surface area contributed by atoms with Gasteiger partial charge in [-0.3, -0.25) is 4.79 Å². The summed E-state index contributed by atoms with van der Waals surface area (Å²) in [4.78, 5) is 24.0. The predicted molar refractivity (Wildman–Crippen MR) is 107 cm³/mol. The van der Waals surface area contributed by atoms with E-state index in [-0.39, 0.29) is 42.4 Å². The lowest BCUT2D eigenvalue weighted by atomic mass is 9.97. The molecule has 0 spiro atoms. The Bertz CT molecular complexity index is 824. The molecular formula is C20H30N2O7S. The van der Waals surface area contributed by atoms with Crippen LogP contribution in [0.4, 0.5) is 0 Å². The number of hydrogen-bond acceptors (Lipinski definition) is 7. The minimum absolute atomic E-state index is 0.0446. The van der Waals surface area contributed by atoms with Crippen molar-refractivity contribution in [3.8, 4) is 0 Å². The molecule has 3 rings (SSSR count). The number of rotatable bonds is 11. The van der Waals surface area contributed by atoms with Crippen molar-refractivity contribution in [2.75, 3.05) is 39.5 Å². The minimum atomic E-state index is -3.86. The maximum Gasteiger partial charge on any atom is 0.374 e. The first-order chi connectivity index (χ1) is 14.4. The van der Waals surface area contributed by atoms with Gasteiger partial charge in [0.1, 0.15) is 0 Å². The molecule has 1 saturated carbocycles. The van der Waals surface area contributed by atoms with Crippen molar-refractivity contribution in [3.05, 3.63) is 17.9 Å². The number of carbonyl (C=O) groups excluding carboxylic acids is 2. The lowest BCUT2D eigenvalue weighted by Crippen LogP contribution is -2.43. The van der Waals surface area contributed by atoms with E-state index in [1.165, 1.54) is 29.3 Å². The van der Waals surface area contributed by atoms with Crippen molar-refractivity contribution < 1.29 is 31.9 Å². The van der Waals surface area contributed by atoms with Crippen LogP contribution < -0.4 is 5.32 Å². The number of piperidine rings is 1. The van der Waals surface area contributed by atoms with Gasteiger partial charge in [-0.25, -0.2) is 13.2 Å². The molecule has 1 amide bonds. The van der Waals surface area contributed by atoms with Crippen LogP contribution in [0.3, 0.4) is 0 Å². The number of esters is 1. The van der Waals surface area contributed by atoms with Crippen LogP contribution in [0, 0.1) is 11.8 Å². The van der Waals surface area contributed by atoms with Crippen molar-refractivity contribution in [1.82, 2.24) is 9.62 Å². The summed E-state index contributed by atoms with van der Waals surface area (Å²) in [5, 5.41) is 2.62.